The zero-order valence-corrected chi connectivity index (χ0v) is 4.68. The average molecular weight is 149 g/mol. The van der Waals surface area contributed by atoms with E-state index in [0.717, 1.165) is 0 Å². The van der Waals surface area contributed by atoms with E-state index in [1.54, 1.807) is 0 Å². The Morgan fingerprint density at radius 3 is 2.00 bits per heavy atom. The summed E-state index contributed by atoms with van der Waals surface area (Å²) in [5.74, 6) is -0.935. The van der Waals surface area contributed by atoms with Gasteiger partial charge in [0, 0.05) is 17.1 Å². The average Bonchev–Trinajstić information content (AvgIpc) is 1.36. The largest absolute Gasteiger partial charge is 0.386 e. The summed E-state index contributed by atoms with van der Waals surface area (Å²) in [6, 6.07) is 0. The Morgan fingerprint density at radius 1 is 1.86 bits per heavy atom. The third kappa shape index (κ3) is 6.15. The number of ketones is 1. The number of aliphatic hydroxyl groups excluding tert-OH is 1. The van der Waals surface area contributed by atoms with Crippen molar-refractivity contribution >= 4 is 5.78 Å². The molecule has 1 N–H and O–H groups in total. The molecule has 0 amide bonds. The van der Waals surface area contributed by atoms with Gasteiger partial charge < -0.3 is 5.11 Å². The molecule has 2 nitrogen and oxygen atoms in total. The maximum absolute atomic E-state index is 9.56. The maximum atomic E-state index is 9.56. The van der Waals surface area contributed by atoms with Gasteiger partial charge >= 0.3 is 0 Å². The molecule has 1 unspecified atom stereocenters. The van der Waals surface area contributed by atoms with Crippen LogP contribution in [0.5, 0.6) is 0 Å². The molecule has 0 rings (SSSR count). The molecule has 0 bridgehead atoms. The summed E-state index contributed by atoms with van der Waals surface area (Å²) in [6.07, 6.45) is -1.12. The molecule has 0 aliphatic heterocycles. The summed E-state index contributed by atoms with van der Waals surface area (Å²) in [5.41, 5.74) is 0. The number of hydrogen-bond acceptors (Lipinski definition) is 2. The van der Waals surface area contributed by atoms with Gasteiger partial charge in [0.2, 0.25) is 0 Å². The molecule has 1 atom stereocenters. The zero-order valence-electron chi connectivity index (χ0n) is 3.73. The summed E-state index contributed by atoms with van der Waals surface area (Å²) < 4.78 is 0. The minimum absolute atomic E-state index is 0. The molecule has 7 heavy (non-hydrogen) atoms. The van der Waals surface area contributed by atoms with E-state index in [2.05, 4.69) is 0 Å². The SMILES string of the molecule is [C]C(=O)C(C)O.[Cu]. The van der Waals surface area contributed by atoms with Crippen LogP contribution in [0.3, 0.4) is 0 Å². The summed E-state index contributed by atoms with van der Waals surface area (Å²) in [7, 11) is 0. The van der Waals surface area contributed by atoms with Crippen molar-refractivity contribution in [3.8, 4) is 0 Å². The molecular formula is C4H5CuO2. The van der Waals surface area contributed by atoms with E-state index in [4.69, 9.17) is 12.0 Å². The predicted molar refractivity (Wildman–Crippen MR) is 19.9 cm³/mol. The van der Waals surface area contributed by atoms with Gasteiger partial charge in [-0.05, 0) is 6.92 Å². The topological polar surface area (TPSA) is 37.3 Å². The number of hydrogen-bond donors (Lipinski definition) is 1. The minimum atomic E-state index is -1.12. The van der Waals surface area contributed by atoms with Crippen LogP contribution in [0.15, 0.2) is 0 Å². The van der Waals surface area contributed by atoms with E-state index in [0.29, 0.717) is 0 Å². The molecule has 0 aromatic carbocycles. The molecule has 0 saturated carbocycles. The molecule has 0 spiro atoms. The van der Waals surface area contributed by atoms with Crippen molar-refractivity contribution in [2.75, 3.05) is 0 Å². The second-order valence-electron chi connectivity index (χ2n) is 1.04. The van der Waals surface area contributed by atoms with Crippen molar-refractivity contribution in [1.29, 1.82) is 0 Å². The second kappa shape index (κ2) is 4.31. The van der Waals surface area contributed by atoms with Crippen LogP contribution >= 0.6 is 0 Å². The number of Topliss-reactive ketones (excluding diaryl/α,β-unsaturated/α-hetero) is 1. The second-order valence-corrected chi connectivity index (χ2v) is 1.04. The molecule has 0 aromatic rings. The number of rotatable bonds is 1. The molecule has 0 aromatic heterocycles. The standard InChI is InChI=1S/C4H5O2.Cu/c1-3(5)4(2)6;/h3,5H,1H3;. The van der Waals surface area contributed by atoms with Crippen LogP contribution in [0.4, 0.5) is 0 Å². The Labute approximate surface area is 53.4 Å². The number of carbonyl (C=O) groups is 1. The third-order valence-corrected chi connectivity index (χ3v) is 0.379. The van der Waals surface area contributed by atoms with Crippen molar-refractivity contribution in [2.45, 2.75) is 13.0 Å². The monoisotopic (exact) mass is 148 g/mol. The molecule has 0 aliphatic rings. The smallest absolute Gasteiger partial charge is 0.170 e. The summed E-state index contributed by atoms with van der Waals surface area (Å²) in [4.78, 5) is 9.56. The van der Waals surface area contributed by atoms with Crippen LogP contribution in [-0.4, -0.2) is 17.0 Å². The summed E-state index contributed by atoms with van der Waals surface area (Å²) in [6.45, 7) is 7.40. The van der Waals surface area contributed by atoms with Gasteiger partial charge in [0.05, 0.1) is 6.92 Å². The van der Waals surface area contributed by atoms with Crippen LogP contribution in [-0.2, 0) is 21.9 Å². The predicted octanol–water partition coefficient (Wildman–Crippen LogP) is -0.478. The van der Waals surface area contributed by atoms with E-state index in [9.17, 15) is 4.79 Å². The van der Waals surface area contributed by atoms with Gasteiger partial charge in [-0.15, -0.1) is 0 Å². The molecule has 0 fully saturated rings. The fourth-order valence-electron chi connectivity index (χ4n) is 0. The number of aliphatic hydroxyl groups is 1. The van der Waals surface area contributed by atoms with Crippen LogP contribution < -0.4 is 0 Å². The fraction of sp³-hybridized carbons (Fsp3) is 0.500. The van der Waals surface area contributed by atoms with Gasteiger partial charge in [0.25, 0.3) is 0 Å². The van der Waals surface area contributed by atoms with Gasteiger partial charge in [-0.25, -0.2) is 0 Å². The van der Waals surface area contributed by atoms with Crippen LogP contribution in [0.2, 0.25) is 0 Å². The van der Waals surface area contributed by atoms with E-state index < -0.39 is 11.9 Å². The Morgan fingerprint density at radius 2 is 2.00 bits per heavy atom. The first-order chi connectivity index (χ1) is 2.64. The Bertz CT molecular complexity index is 60.7. The normalized spacial score (nSPS) is 11.9. The Balaban J connectivity index is 0. The Hall–Kier alpha value is 0.149. The van der Waals surface area contributed by atoms with Crippen molar-refractivity contribution in [2.24, 2.45) is 0 Å². The van der Waals surface area contributed by atoms with E-state index in [1.807, 2.05) is 0 Å². The van der Waals surface area contributed by atoms with E-state index in [1.165, 1.54) is 6.92 Å². The summed E-state index contributed by atoms with van der Waals surface area (Å²) >= 11 is 0. The molecule has 44 valence electrons. The van der Waals surface area contributed by atoms with Crippen molar-refractivity contribution < 1.29 is 27.0 Å². The molecular weight excluding hydrogens is 144 g/mol. The Kier molecular flexibility index (Phi) is 6.28. The first-order valence-corrected chi connectivity index (χ1v) is 1.58. The van der Waals surface area contributed by atoms with Crippen molar-refractivity contribution in [3.05, 3.63) is 6.92 Å². The van der Waals surface area contributed by atoms with Gasteiger partial charge in [-0.3, -0.25) is 4.79 Å². The van der Waals surface area contributed by atoms with Gasteiger partial charge in [-0.1, -0.05) is 0 Å². The fourth-order valence-corrected chi connectivity index (χ4v) is 0. The maximum Gasteiger partial charge on any atom is 0.170 e. The van der Waals surface area contributed by atoms with E-state index in [-0.39, 0.29) is 17.1 Å². The molecule has 0 saturated heterocycles. The zero-order chi connectivity index (χ0) is 5.15. The van der Waals surface area contributed by atoms with Gasteiger partial charge in [0.15, 0.2) is 5.78 Å². The van der Waals surface area contributed by atoms with Crippen molar-refractivity contribution in [3.63, 3.8) is 0 Å². The molecule has 0 heterocycles. The first-order valence-electron chi connectivity index (χ1n) is 1.58. The number of carbonyl (C=O) groups excluding carboxylic acids is 1. The van der Waals surface area contributed by atoms with Crippen LogP contribution in [0.1, 0.15) is 6.92 Å². The summed E-state index contributed by atoms with van der Waals surface area (Å²) in [5, 5.41) is 8.09. The molecule has 0 aliphatic carbocycles. The minimum Gasteiger partial charge on any atom is -0.386 e. The third-order valence-electron chi connectivity index (χ3n) is 0.379. The first kappa shape index (κ1) is 10.2. The van der Waals surface area contributed by atoms with Crippen LogP contribution in [0, 0.1) is 6.92 Å². The van der Waals surface area contributed by atoms with Crippen LogP contribution in [0.25, 0.3) is 0 Å². The van der Waals surface area contributed by atoms with Gasteiger partial charge in [0.1, 0.15) is 6.10 Å². The van der Waals surface area contributed by atoms with E-state index >= 15 is 0 Å². The van der Waals surface area contributed by atoms with Crippen molar-refractivity contribution in [1.82, 2.24) is 0 Å². The van der Waals surface area contributed by atoms with Gasteiger partial charge in [-0.2, -0.15) is 0 Å². The molecule has 4 radical (unpaired) electrons. The quantitative estimate of drug-likeness (QED) is 0.511. The molecule has 3 heteroatoms.